The van der Waals surface area contributed by atoms with Crippen LogP contribution in [0.1, 0.15) is 31.9 Å². The summed E-state index contributed by atoms with van der Waals surface area (Å²) < 4.78 is 10.8. The first-order valence-electron chi connectivity index (χ1n) is 7.35. The maximum Gasteiger partial charge on any atom is 0.188 e. The standard InChI is InChI=1S/C16H27N3O2.HI/c1-13(12-20-3)19-16(17)18-10-7-11-21-14(2)15-8-5-4-6-9-15;/h4-6,8-9,13-14H,7,10-12H2,1-3H3,(H3,17,18,19);1H. The quantitative estimate of drug-likeness (QED) is 0.279. The van der Waals surface area contributed by atoms with E-state index < -0.39 is 0 Å². The summed E-state index contributed by atoms with van der Waals surface area (Å²) in [5.74, 6) is 0.454. The van der Waals surface area contributed by atoms with Crippen LogP contribution in [0, 0.1) is 0 Å². The van der Waals surface area contributed by atoms with Crippen molar-refractivity contribution in [3.05, 3.63) is 35.9 Å². The molecule has 22 heavy (non-hydrogen) atoms. The molecule has 126 valence electrons. The highest BCUT2D eigenvalue weighted by Crippen LogP contribution is 2.15. The number of nitrogens with zero attached hydrogens (tertiary/aromatic N) is 1. The lowest BCUT2D eigenvalue weighted by atomic mass is 10.1. The normalized spacial score (nSPS) is 14.0. The fraction of sp³-hybridized carbons (Fsp3) is 0.562. The number of rotatable bonds is 9. The predicted octanol–water partition coefficient (Wildman–Crippen LogP) is 2.71. The molecule has 5 nitrogen and oxygen atoms in total. The zero-order valence-corrected chi connectivity index (χ0v) is 15.9. The Morgan fingerprint density at radius 1 is 1.27 bits per heavy atom. The van der Waals surface area contributed by atoms with Gasteiger partial charge in [0.05, 0.1) is 12.7 Å². The van der Waals surface area contributed by atoms with Gasteiger partial charge in [0, 0.05) is 26.3 Å². The first-order valence-corrected chi connectivity index (χ1v) is 7.35. The zero-order chi connectivity index (χ0) is 15.5. The van der Waals surface area contributed by atoms with E-state index in [1.807, 2.05) is 25.1 Å². The maximum atomic E-state index is 5.78. The molecule has 0 heterocycles. The minimum Gasteiger partial charge on any atom is -0.383 e. The van der Waals surface area contributed by atoms with Crippen molar-refractivity contribution in [3.8, 4) is 0 Å². The van der Waals surface area contributed by atoms with E-state index in [1.165, 1.54) is 5.56 Å². The van der Waals surface area contributed by atoms with Crippen molar-refractivity contribution in [3.63, 3.8) is 0 Å². The van der Waals surface area contributed by atoms with E-state index in [0.29, 0.717) is 25.7 Å². The van der Waals surface area contributed by atoms with E-state index >= 15 is 0 Å². The Bertz CT molecular complexity index is 415. The van der Waals surface area contributed by atoms with Crippen LogP contribution in [0.5, 0.6) is 0 Å². The molecule has 0 fully saturated rings. The number of benzene rings is 1. The zero-order valence-electron chi connectivity index (χ0n) is 13.6. The van der Waals surface area contributed by atoms with Gasteiger partial charge in [-0.15, -0.1) is 24.0 Å². The topological polar surface area (TPSA) is 68.9 Å². The largest absolute Gasteiger partial charge is 0.383 e. The van der Waals surface area contributed by atoms with Crippen molar-refractivity contribution in [2.45, 2.75) is 32.4 Å². The molecule has 0 aliphatic heterocycles. The molecule has 2 atom stereocenters. The molecule has 0 radical (unpaired) electrons. The van der Waals surface area contributed by atoms with Crippen LogP contribution in [0.3, 0.4) is 0 Å². The number of nitrogens with two attached hydrogens (primary N) is 1. The number of aliphatic imine (C=N–C) groups is 1. The fourth-order valence-electron chi connectivity index (χ4n) is 1.93. The van der Waals surface area contributed by atoms with Gasteiger partial charge in [-0.1, -0.05) is 30.3 Å². The number of guanidine groups is 1. The third-order valence-electron chi connectivity index (χ3n) is 3.03. The molecule has 0 saturated heterocycles. The third-order valence-corrected chi connectivity index (χ3v) is 3.03. The molecule has 1 aromatic rings. The van der Waals surface area contributed by atoms with Crippen molar-refractivity contribution in [1.82, 2.24) is 5.32 Å². The fourth-order valence-corrected chi connectivity index (χ4v) is 1.93. The van der Waals surface area contributed by atoms with Gasteiger partial charge in [0.2, 0.25) is 0 Å². The molecule has 0 amide bonds. The highest BCUT2D eigenvalue weighted by atomic mass is 127. The second kappa shape index (κ2) is 12.7. The van der Waals surface area contributed by atoms with Crippen LogP contribution < -0.4 is 11.1 Å². The lowest BCUT2D eigenvalue weighted by Gasteiger charge is -2.14. The summed E-state index contributed by atoms with van der Waals surface area (Å²) >= 11 is 0. The highest BCUT2D eigenvalue weighted by Gasteiger charge is 2.04. The second-order valence-electron chi connectivity index (χ2n) is 5.04. The van der Waals surface area contributed by atoms with E-state index in [9.17, 15) is 0 Å². The van der Waals surface area contributed by atoms with Crippen LogP contribution in [0.2, 0.25) is 0 Å². The number of nitrogens with one attached hydrogen (secondary N) is 1. The molecule has 0 aliphatic carbocycles. The summed E-state index contributed by atoms with van der Waals surface area (Å²) in [7, 11) is 1.66. The van der Waals surface area contributed by atoms with E-state index in [4.69, 9.17) is 15.2 Å². The summed E-state index contributed by atoms with van der Waals surface area (Å²) in [6, 6.07) is 10.3. The van der Waals surface area contributed by atoms with Gasteiger partial charge in [0.15, 0.2) is 5.96 Å². The van der Waals surface area contributed by atoms with Gasteiger partial charge in [0.1, 0.15) is 0 Å². The molecular weight excluding hydrogens is 393 g/mol. The van der Waals surface area contributed by atoms with Crippen LogP contribution in [0.25, 0.3) is 0 Å². The van der Waals surface area contributed by atoms with Gasteiger partial charge in [-0.05, 0) is 25.8 Å². The Hall–Kier alpha value is -0.860. The molecule has 3 N–H and O–H groups in total. The number of methoxy groups -OCH3 is 1. The average Bonchev–Trinajstić information content (AvgIpc) is 2.47. The van der Waals surface area contributed by atoms with Crippen LogP contribution in [0.15, 0.2) is 35.3 Å². The molecule has 0 saturated carbocycles. The first kappa shape index (κ1) is 21.1. The Labute approximate surface area is 150 Å². The minimum absolute atomic E-state index is 0. The van der Waals surface area contributed by atoms with E-state index in [1.54, 1.807) is 7.11 Å². The monoisotopic (exact) mass is 421 g/mol. The molecule has 0 spiro atoms. The molecular formula is C16H28IN3O2. The van der Waals surface area contributed by atoms with Crippen molar-refractivity contribution in [2.75, 3.05) is 26.9 Å². The lowest BCUT2D eigenvalue weighted by Crippen LogP contribution is -2.40. The van der Waals surface area contributed by atoms with Crippen LogP contribution >= 0.6 is 24.0 Å². The summed E-state index contributed by atoms with van der Waals surface area (Å²) in [5, 5.41) is 3.07. The van der Waals surface area contributed by atoms with Gasteiger partial charge in [-0.25, -0.2) is 0 Å². The number of hydrogen-bond acceptors (Lipinski definition) is 3. The number of ether oxygens (including phenoxy) is 2. The SMILES string of the molecule is COCC(C)NC(N)=NCCCOC(C)c1ccccc1.I. The lowest BCUT2D eigenvalue weighted by molar-refractivity contribution is 0.0652. The minimum atomic E-state index is 0. The number of hydrogen-bond donors (Lipinski definition) is 2. The molecule has 2 unspecified atom stereocenters. The van der Waals surface area contributed by atoms with Gasteiger partial charge in [0.25, 0.3) is 0 Å². The Morgan fingerprint density at radius 3 is 2.59 bits per heavy atom. The van der Waals surface area contributed by atoms with Gasteiger partial charge in [-0.3, -0.25) is 4.99 Å². The van der Waals surface area contributed by atoms with Crippen LogP contribution in [0.4, 0.5) is 0 Å². The molecule has 6 heteroatoms. The molecule has 0 bridgehead atoms. The van der Waals surface area contributed by atoms with Crippen molar-refractivity contribution < 1.29 is 9.47 Å². The van der Waals surface area contributed by atoms with E-state index in [2.05, 4.69) is 29.4 Å². The maximum absolute atomic E-state index is 5.78. The third kappa shape index (κ3) is 9.22. The van der Waals surface area contributed by atoms with Crippen LogP contribution in [-0.4, -0.2) is 38.9 Å². The van der Waals surface area contributed by atoms with Crippen molar-refractivity contribution in [2.24, 2.45) is 10.7 Å². The van der Waals surface area contributed by atoms with Crippen molar-refractivity contribution >= 4 is 29.9 Å². The first-order chi connectivity index (χ1) is 10.1. The van der Waals surface area contributed by atoms with Gasteiger partial charge >= 0.3 is 0 Å². The summed E-state index contributed by atoms with van der Waals surface area (Å²) in [4.78, 5) is 4.26. The molecule has 0 aromatic heterocycles. The molecule has 1 rings (SSSR count). The Morgan fingerprint density at radius 2 is 1.95 bits per heavy atom. The summed E-state index contributed by atoms with van der Waals surface area (Å²) in [5.41, 5.74) is 6.97. The Balaban J connectivity index is 0.00000441. The van der Waals surface area contributed by atoms with E-state index in [0.717, 1.165) is 6.42 Å². The highest BCUT2D eigenvalue weighted by molar-refractivity contribution is 14.0. The second-order valence-corrected chi connectivity index (χ2v) is 5.04. The smallest absolute Gasteiger partial charge is 0.188 e. The van der Waals surface area contributed by atoms with E-state index in [-0.39, 0.29) is 36.1 Å². The molecule has 1 aromatic carbocycles. The van der Waals surface area contributed by atoms with Crippen molar-refractivity contribution in [1.29, 1.82) is 0 Å². The van der Waals surface area contributed by atoms with Crippen LogP contribution in [-0.2, 0) is 9.47 Å². The summed E-state index contributed by atoms with van der Waals surface area (Å²) in [6.45, 7) is 5.98. The Kier molecular flexibility index (Phi) is 12.2. The van der Waals surface area contributed by atoms with Gasteiger partial charge < -0.3 is 20.5 Å². The number of halogens is 1. The summed E-state index contributed by atoms with van der Waals surface area (Å²) in [6.07, 6.45) is 0.950. The van der Waals surface area contributed by atoms with Gasteiger partial charge in [-0.2, -0.15) is 0 Å². The molecule has 0 aliphatic rings. The average molecular weight is 421 g/mol. The predicted molar refractivity (Wildman–Crippen MR) is 102 cm³/mol.